The first kappa shape index (κ1) is 15.3. The molecule has 5 heteroatoms. The maximum Gasteiger partial charge on any atom is 0.318 e. The molecular formula is C17H23FN2O2. The van der Waals surface area contributed by atoms with Gasteiger partial charge in [0.2, 0.25) is 0 Å². The van der Waals surface area contributed by atoms with Gasteiger partial charge in [0, 0.05) is 6.54 Å². The van der Waals surface area contributed by atoms with Crippen LogP contribution in [0.5, 0.6) is 0 Å². The summed E-state index contributed by atoms with van der Waals surface area (Å²) in [5.41, 5.74) is 0.958. The zero-order valence-electron chi connectivity index (χ0n) is 12.7. The molecule has 1 saturated carbocycles. The first-order valence-electron chi connectivity index (χ1n) is 8.12. The number of urea groups is 1. The molecule has 3 rings (SSSR count). The lowest BCUT2D eigenvalue weighted by atomic mass is 9.77. The molecule has 2 amide bonds. The fourth-order valence-electron chi connectivity index (χ4n) is 3.43. The monoisotopic (exact) mass is 306 g/mol. The summed E-state index contributed by atoms with van der Waals surface area (Å²) in [6.45, 7) is 0.704. The molecule has 1 aromatic rings. The summed E-state index contributed by atoms with van der Waals surface area (Å²) in [5, 5.41) is 12.5. The number of amides is 2. The van der Waals surface area contributed by atoms with Crippen molar-refractivity contribution < 1.29 is 14.3 Å². The number of hydrogen-bond acceptors (Lipinski definition) is 2. The molecule has 2 N–H and O–H groups in total. The van der Waals surface area contributed by atoms with Crippen LogP contribution in [0, 0.1) is 11.7 Å². The molecule has 4 nitrogen and oxygen atoms in total. The Hall–Kier alpha value is -1.62. The first-order valence-corrected chi connectivity index (χ1v) is 8.12. The summed E-state index contributed by atoms with van der Waals surface area (Å²) in [4.78, 5) is 14.3. The van der Waals surface area contributed by atoms with Crippen molar-refractivity contribution in [3.05, 3.63) is 35.6 Å². The molecule has 0 bridgehead atoms. The molecule has 0 spiro atoms. The van der Waals surface area contributed by atoms with Gasteiger partial charge in [-0.15, -0.1) is 0 Å². The summed E-state index contributed by atoms with van der Waals surface area (Å²) in [6, 6.07) is 6.15. The predicted molar refractivity (Wildman–Crippen MR) is 81.8 cm³/mol. The van der Waals surface area contributed by atoms with Crippen LogP contribution in [-0.2, 0) is 0 Å². The van der Waals surface area contributed by atoms with Gasteiger partial charge < -0.3 is 15.3 Å². The number of carbonyl (C=O) groups is 1. The van der Waals surface area contributed by atoms with Gasteiger partial charge in [-0.3, -0.25) is 0 Å². The number of nitrogens with one attached hydrogen (secondary N) is 1. The lowest BCUT2D eigenvalue weighted by Gasteiger charge is -2.36. The van der Waals surface area contributed by atoms with Crippen molar-refractivity contribution in [2.75, 3.05) is 13.2 Å². The van der Waals surface area contributed by atoms with Crippen LogP contribution >= 0.6 is 0 Å². The lowest BCUT2D eigenvalue weighted by molar-refractivity contribution is 0.145. The lowest BCUT2D eigenvalue weighted by Crippen LogP contribution is -2.47. The molecule has 22 heavy (non-hydrogen) atoms. The molecule has 1 aromatic carbocycles. The average Bonchev–Trinajstić information content (AvgIpc) is 2.94. The zero-order valence-corrected chi connectivity index (χ0v) is 12.7. The van der Waals surface area contributed by atoms with E-state index >= 15 is 0 Å². The summed E-state index contributed by atoms with van der Waals surface area (Å²) in [7, 11) is 0. The van der Waals surface area contributed by atoms with Crippen molar-refractivity contribution in [3.8, 4) is 0 Å². The summed E-state index contributed by atoms with van der Waals surface area (Å²) in [5.74, 6) is 0.159. The summed E-state index contributed by atoms with van der Waals surface area (Å²) >= 11 is 0. The van der Waals surface area contributed by atoms with Gasteiger partial charge in [-0.25, -0.2) is 9.18 Å². The third-order valence-corrected chi connectivity index (χ3v) is 4.98. The maximum atomic E-state index is 13.1. The van der Waals surface area contributed by atoms with Gasteiger partial charge >= 0.3 is 6.03 Å². The van der Waals surface area contributed by atoms with Gasteiger partial charge in [-0.05, 0) is 49.3 Å². The van der Waals surface area contributed by atoms with Gasteiger partial charge in [-0.2, -0.15) is 0 Å². The van der Waals surface area contributed by atoms with Crippen LogP contribution in [0.25, 0.3) is 0 Å². The van der Waals surface area contributed by atoms with Crippen molar-refractivity contribution in [2.24, 2.45) is 5.92 Å². The summed E-state index contributed by atoms with van der Waals surface area (Å²) < 4.78 is 13.1. The van der Waals surface area contributed by atoms with Crippen molar-refractivity contribution in [1.82, 2.24) is 10.2 Å². The second-order valence-corrected chi connectivity index (χ2v) is 6.34. The van der Waals surface area contributed by atoms with Gasteiger partial charge in [0.25, 0.3) is 0 Å². The van der Waals surface area contributed by atoms with E-state index in [1.54, 1.807) is 17.0 Å². The van der Waals surface area contributed by atoms with E-state index in [9.17, 15) is 14.3 Å². The molecule has 1 heterocycles. The highest BCUT2D eigenvalue weighted by atomic mass is 19.1. The fraction of sp³-hybridized carbons (Fsp3) is 0.588. The minimum Gasteiger partial charge on any atom is -0.394 e. The van der Waals surface area contributed by atoms with E-state index in [0.717, 1.165) is 31.2 Å². The van der Waals surface area contributed by atoms with Crippen LogP contribution in [0.3, 0.4) is 0 Å². The second-order valence-electron chi connectivity index (χ2n) is 6.34. The Kier molecular flexibility index (Phi) is 4.62. The number of likely N-dealkylation sites (tertiary alicyclic amines) is 1. The van der Waals surface area contributed by atoms with Gasteiger partial charge in [0.15, 0.2) is 0 Å². The normalized spacial score (nSPS) is 23.2. The highest BCUT2D eigenvalue weighted by Gasteiger charge is 2.33. The van der Waals surface area contributed by atoms with E-state index in [1.807, 2.05) is 0 Å². The Labute approximate surface area is 130 Å². The third-order valence-electron chi connectivity index (χ3n) is 4.98. The Morgan fingerprint density at radius 3 is 2.59 bits per heavy atom. The maximum absolute atomic E-state index is 13.1. The molecule has 0 aromatic heterocycles. The van der Waals surface area contributed by atoms with Crippen molar-refractivity contribution >= 4 is 6.03 Å². The molecule has 1 saturated heterocycles. The van der Waals surface area contributed by atoms with Crippen LogP contribution in [0.2, 0.25) is 0 Å². The first-order chi connectivity index (χ1) is 10.7. The number of rotatable bonds is 4. The minimum atomic E-state index is -0.262. The number of aliphatic hydroxyl groups is 1. The highest BCUT2D eigenvalue weighted by Crippen LogP contribution is 2.38. The summed E-state index contributed by atoms with van der Waals surface area (Å²) in [6.07, 6.45) is 5.15. The Morgan fingerprint density at radius 2 is 2.00 bits per heavy atom. The van der Waals surface area contributed by atoms with E-state index in [0.29, 0.717) is 12.5 Å². The second kappa shape index (κ2) is 6.65. The van der Waals surface area contributed by atoms with Crippen LogP contribution in [-0.4, -0.2) is 35.2 Å². The van der Waals surface area contributed by atoms with Crippen molar-refractivity contribution in [3.63, 3.8) is 0 Å². The topological polar surface area (TPSA) is 52.6 Å². The number of hydrogen-bond donors (Lipinski definition) is 2. The smallest absolute Gasteiger partial charge is 0.318 e. The SMILES string of the molecule is O=C(NC(c1ccc(F)cc1)C1CCC1)N1CCC[C@H]1CO. The molecule has 2 atom stereocenters. The molecule has 1 unspecified atom stereocenters. The van der Waals surface area contributed by atoms with Crippen LogP contribution in [0.4, 0.5) is 9.18 Å². The van der Waals surface area contributed by atoms with E-state index in [-0.39, 0.29) is 30.5 Å². The Morgan fingerprint density at radius 1 is 1.27 bits per heavy atom. The number of carbonyl (C=O) groups excluding carboxylic acids is 1. The van der Waals surface area contributed by atoms with E-state index in [4.69, 9.17) is 0 Å². The van der Waals surface area contributed by atoms with Gasteiger partial charge in [0.1, 0.15) is 5.82 Å². The molecule has 120 valence electrons. The third kappa shape index (κ3) is 3.09. The van der Waals surface area contributed by atoms with Crippen LogP contribution < -0.4 is 5.32 Å². The highest BCUT2D eigenvalue weighted by molar-refractivity contribution is 5.75. The minimum absolute atomic E-state index is 0.0120. The van der Waals surface area contributed by atoms with Crippen molar-refractivity contribution in [2.45, 2.75) is 44.2 Å². The Balaban J connectivity index is 1.72. The standard InChI is InChI=1S/C17H23FN2O2/c18-14-8-6-13(7-9-14)16(12-3-1-4-12)19-17(22)20-10-2-5-15(20)11-21/h6-9,12,15-16,21H,1-5,10-11H2,(H,19,22)/t15-,16?/m0/s1. The van der Waals surface area contributed by atoms with Gasteiger partial charge in [-0.1, -0.05) is 18.6 Å². The molecule has 1 aliphatic carbocycles. The van der Waals surface area contributed by atoms with E-state index < -0.39 is 0 Å². The fourth-order valence-corrected chi connectivity index (χ4v) is 3.43. The Bertz CT molecular complexity index is 516. The van der Waals surface area contributed by atoms with E-state index in [2.05, 4.69) is 5.32 Å². The quantitative estimate of drug-likeness (QED) is 0.899. The van der Waals surface area contributed by atoms with Crippen LogP contribution in [0.1, 0.15) is 43.7 Å². The molecule has 2 aliphatic rings. The molecule has 0 radical (unpaired) electrons. The molecular weight excluding hydrogens is 283 g/mol. The number of aliphatic hydroxyl groups excluding tert-OH is 1. The largest absolute Gasteiger partial charge is 0.394 e. The molecule has 2 fully saturated rings. The number of benzene rings is 1. The number of nitrogens with zero attached hydrogens (tertiary/aromatic N) is 1. The van der Waals surface area contributed by atoms with Crippen molar-refractivity contribution in [1.29, 1.82) is 0 Å². The predicted octanol–water partition coefficient (Wildman–Crippen LogP) is 2.83. The zero-order chi connectivity index (χ0) is 15.5. The van der Waals surface area contributed by atoms with Crippen LogP contribution in [0.15, 0.2) is 24.3 Å². The van der Waals surface area contributed by atoms with Gasteiger partial charge in [0.05, 0.1) is 18.7 Å². The van der Waals surface area contributed by atoms with E-state index in [1.165, 1.54) is 18.6 Å². The molecule has 1 aliphatic heterocycles. The number of halogens is 1. The average molecular weight is 306 g/mol.